The van der Waals surface area contributed by atoms with Crippen molar-refractivity contribution in [1.82, 2.24) is 26.1 Å². The molecule has 6 aromatic rings. The number of carboxylic acid groups (broad SMARTS) is 1. The first-order valence-electron chi connectivity index (χ1n) is 17.9. The van der Waals surface area contributed by atoms with Crippen molar-refractivity contribution in [2.24, 2.45) is 0 Å². The molecule has 2 aromatic heterocycles. The van der Waals surface area contributed by atoms with Gasteiger partial charge in [0.2, 0.25) is 0 Å². The largest absolute Gasteiger partial charge is 0.496 e. The van der Waals surface area contributed by atoms with Gasteiger partial charge < -0.3 is 45.3 Å². The average Bonchev–Trinajstić information content (AvgIpc) is 3.22. The van der Waals surface area contributed by atoms with Crippen LogP contribution in [0.1, 0.15) is 34.6 Å². The summed E-state index contributed by atoms with van der Waals surface area (Å²) in [5, 5.41) is 21.7. The quantitative estimate of drug-likeness (QED) is 0.0601. The lowest BCUT2D eigenvalue weighted by Crippen LogP contribution is -2.28. The Hall–Kier alpha value is -7.08. The Morgan fingerprint density at radius 3 is 1.47 bits per heavy atom. The predicted octanol–water partition coefficient (Wildman–Crippen LogP) is 8.65. The van der Waals surface area contributed by atoms with Crippen molar-refractivity contribution in [2.45, 2.75) is 13.8 Å². The lowest BCUT2D eigenvalue weighted by atomic mass is 10.1. The third-order valence-corrected chi connectivity index (χ3v) is 8.85. The zero-order valence-corrected chi connectivity index (χ0v) is 34.3. The SMILES string of the molecule is CCNC(=O)Nc1ccc(Oc2ccnc3cc(OC)c(C(=O)NOC)cc23)cc1Cl.CCNC(=O)Nc1ccc(Oc2ccnc3cc(OC)c(C(=O)O)cc23)cc1Cl. The number of carbonyl (C=O) groups excluding carboxylic acids is 3. The van der Waals surface area contributed by atoms with E-state index in [-0.39, 0.29) is 28.9 Å². The van der Waals surface area contributed by atoms with E-state index >= 15 is 0 Å². The first kappa shape index (κ1) is 44.0. The zero-order valence-electron chi connectivity index (χ0n) is 32.8. The molecule has 312 valence electrons. The summed E-state index contributed by atoms with van der Waals surface area (Å²) in [6.07, 6.45) is 3.13. The Bertz CT molecular complexity index is 2560. The maximum Gasteiger partial charge on any atom is 0.339 e. The Morgan fingerprint density at radius 2 is 1.07 bits per heavy atom. The van der Waals surface area contributed by atoms with Crippen molar-refractivity contribution in [3.05, 3.63) is 106 Å². The number of benzene rings is 4. The smallest absolute Gasteiger partial charge is 0.339 e. The number of halogens is 2. The minimum atomic E-state index is -1.12. The molecule has 6 N–H and O–H groups in total. The Kier molecular flexibility index (Phi) is 15.1. The van der Waals surface area contributed by atoms with E-state index in [0.717, 1.165) is 0 Å². The number of aromatic nitrogens is 2. The molecule has 0 aliphatic heterocycles. The Morgan fingerprint density at radius 1 is 0.617 bits per heavy atom. The van der Waals surface area contributed by atoms with Crippen LogP contribution in [-0.4, -0.2) is 73.4 Å². The fourth-order valence-corrected chi connectivity index (χ4v) is 5.97. The second kappa shape index (κ2) is 20.6. The van der Waals surface area contributed by atoms with Gasteiger partial charge in [-0.15, -0.1) is 0 Å². The molecule has 5 amide bonds. The van der Waals surface area contributed by atoms with E-state index in [1.165, 1.54) is 33.5 Å². The Labute approximate surface area is 353 Å². The first-order chi connectivity index (χ1) is 28.9. The maximum atomic E-state index is 12.3. The minimum absolute atomic E-state index is 0.00244. The normalized spacial score (nSPS) is 10.4. The molecule has 0 bridgehead atoms. The highest BCUT2D eigenvalue weighted by atomic mass is 35.5. The van der Waals surface area contributed by atoms with E-state index in [2.05, 4.69) is 36.7 Å². The number of hydrogen-bond donors (Lipinski definition) is 6. The van der Waals surface area contributed by atoms with Crippen LogP contribution in [0.4, 0.5) is 21.0 Å². The molecule has 0 fully saturated rings. The minimum Gasteiger partial charge on any atom is -0.496 e. The molecule has 0 unspecified atom stereocenters. The van der Waals surface area contributed by atoms with Crippen LogP contribution >= 0.6 is 23.2 Å². The number of hydroxylamine groups is 1. The van der Waals surface area contributed by atoms with Crippen LogP contribution in [-0.2, 0) is 4.84 Å². The van der Waals surface area contributed by atoms with Crippen LogP contribution in [0.2, 0.25) is 10.0 Å². The maximum absolute atomic E-state index is 12.3. The number of urea groups is 2. The first-order valence-corrected chi connectivity index (χ1v) is 18.7. The molecule has 0 spiro atoms. The number of carboxylic acids is 1. The highest BCUT2D eigenvalue weighted by Crippen LogP contribution is 2.37. The van der Waals surface area contributed by atoms with Gasteiger partial charge in [0.25, 0.3) is 5.91 Å². The van der Waals surface area contributed by atoms with Gasteiger partial charge in [0.1, 0.15) is 40.1 Å². The third kappa shape index (κ3) is 10.9. The van der Waals surface area contributed by atoms with Gasteiger partial charge in [-0.25, -0.2) is 19.9 Å². The summed E-state index contributed by atoms with van der Waals surface area (Å²) in [7, 11) is 4.20. The van der Waals surface area contributed by atoms with Crippen molar-refractivity contribution in [3.63, 3.8) is 0 Å². The third-order valence-electron chi connectivity index (χ3n) is 8.22. The van der Waals surface area contributed by atoms with Crippen LogP contribution in [0.3, 0.4) is 0 Å². The number of fused-ring (bicyclic) bond motifs is 2. The highest BCUT2D eigenvalue weighted by Gasteiger charge is 2.18. The number of carbonyl (C=O) groups is 4. The molecule has 60 heavy (non-hydrogen) atoms. The number of hydrogen-bond acceptors (Lipinski definition) is 11. The van der Waals surface area contributed by atoms with Gasteiger partial charge in [0.15, 0.2) is 0 Å². The molecule has 6 rings (SSSR count). The lowest BCUT2D eigenvalue weighted by molar-refractivity contribution is 0.0534. The molecule has 0 saturated carbocycles. The number of pyridine rings is 2. The second-order valence-electron chi connectivity index (χ2n) is 12.2. The number of rotatable bonds is 13. The van der Waals surface area contributed by atoms with E-state index < -0.39 is 11.9 Å². The summed E-state index contributed by atoms with van der Waals surface area (Å²) in [5.41, 5.74) is 4.50. The fraction of sp³-hybridized carbons (Fsp3) is 0.171. The van der Waals surface area contributed by atoms with Crippen LogP contribution < -0.4 is 45.7 Å². The van der Waals surface area contributed by atoms with Gasteiger partial charge in [0.05, 0.1) is 59.3 Å². The number of methoxy groups -OCH3 is 2. The van der Waals surface area contributed by atoms with Gasteiger partial charge in [-0.1, -0.05) is 23.2 Å². The van der Waals surface area contributed by atoms with Gasteiger partial charge in [-0.05, 0) is 62.4 Å². The molecule has 0 radical (unpaired) electrons. The van der Waals surface area contributed by atoms with Gasteiger partial charge >= 0.3 is 18.0 Å². The van der Waals surface area contributed by atoms with Crippen LogP contribution in [0.25, 0.3) is 21.8 Å². The predicted molar refractivity (Wildman–Crippen MR) is 226 cm³/mol. The average molecular weight is 861 g/mol. The number of nitrogens with zero attached hydrogens (tertiary/aromatic N) is 2. The van der Waals surface area contributed by atoms with Gasteiger partial charge in [-0.3, -0.25) is 19.6 Å². The summed E-state index contributed by atoms with van der Waals surface area (Å²) in [4.78, 5) is 60.5. The summed E-state index contributed by atoms with van der Waals surface area (Å²) in [6.45, 7) is 4.61. The Balaban J connectivity index is 0.000000228. The summed E-state index contributed by atoms with van der Waals surface area (Å²) < 4.78 is 22.3. The number of ether oxygens (including phenoxy) is 4. The summed E-state index contributed by atoms with van der Waals surface area (Å²) in [5.74, 6) is 0.672. The molecule has 0 atom stereocenters. The zero-order chi connectivity index (χ0) is 43.3. The molecule has 0 saturated heterocycles. The highest BCUT2D eigenvalue weighted by molar-refractivity contribution is 6.34. The van der Waals surface area contributed by atoms with E-state index in [1.54, 1.807) is 73.1 Å². The molecule has 17 nitrogen and oxygen atoms in total. The number of amides is 5. The summed E-state index contributed by atoms with van der Waals surface area (Å²) in [6, 6.07) is 18.5. The number of aromatic carboxylic acids is 1. The standard InChI is InChI=1S/C21H21ClN4O5.C20H18ClN3O5/c1-4-23-21(28)25-16-6-5-12(9-15(16)22)31-18-7-8-24-17-11-19(29-2)14(10-13(17)18)20(27)26-30-3;1-3-22-20(27)24-15-5-4-11(8-14(15)21)29-17-6-7-23-16-10-18(28-2)13(19(25)26)9-12(16)17/h5-11H,4H2,1-3H3,(H,26,27)(H2,23,25,28);4-10H,3H2,1-2H3,(H,25,26)(H2,22,24,27). The number of nitrogens with one attached hydrogen (secondary N) is 5. The molecule has 4 aromatic carbocycles. The van der Waals surface area contributed by atoms with Crippen molar-refractivity contribution < 1.29 is 48.1 Å². The molecular formula is C41H39Cl2N7O10. The second-order valence-corrected chi connectivity index (χ2v) is 13.0. The van der Waals surface area contributed by atoms with Gasteiger partial charge in [-0.2, -0.15) is 0 Å². The molecule has 0 aliphatic carbocycles. The molecular weight excluding hydrogens is 821 g/mol. The molecule has 2 heterocycles. The van der Waals surface area contributed by atoms with Crippen molar-refractivity contribution in [1.29, 1.82) is 0 Å². The van der Waals surface area contributed by atoms with Crippen molar-refractivity contribution in [3.8, 4) is 34.5 Å². The van der Waals surface area contributed by atoms with Crippen LogP contribution in [0, 0.1) is 0 Å². The topological polar surface area (TPSA) is 221 Å². The lowest BCUT2D eigenvalue weighted by Gasteiger charge is -2.14. The van der Waals surface area contributed by atoms with Gasteiger partial charge in [0, 0.05) is 60.5 Å². The number of anilines is 2. The van der Waals surface area contributed by atoms with Crippen molar-refractivity contribution in [2.75, 3.05) is 45.1 Å². The van der Waals surface area contributed by atoms with E-state index in [0.29, 0.717) is 85.1 Å². The van der Waals surface area contributed by atoms with Crippen molar-refractivity contribution >= 4 is 80.3 Å². The monoisotopic (exact) mass is 859 g/mol. The fourth-order valence-electron chi connectivity index (χ4n) is 5.53. The summed E-state index contributed by atoms with van der Waals surface area (Å²) >= 11 is 12.5. The van der Waals surface area contributed by atoms with Crippen LogP contribution in [0.15, 0.2) is 85.2 Å². The molecule has 19 heteroatoms. The van der Waals surface area contributed by atoms with E-state index in [1.807, 2.05) is 13.8 Å². The van der Waals surface area contributed by atoms with E-state index in [4.69, 9.17) is 47.0 Å². The van der Waals surface area contributed by atoms with E-state index in [9.17, 15) is 24.3 Å². The molecule has 0 aliphatic rings. The van der Waals surface area contributed by atoms with Crippen LogP contribution in [0.5, 0.6) is 34.5 Å².